The third-order valence-corrected chi connectivity index (χ3v) is 1.90. The summed E-state index contributed by atoms with van der Waals surface area (Å²) in [5.41, 5.74) is 0.0353. The van der Waals surface area contributed by atoms with Crippen LogP contribution < -0.4 is 59.1 Å². The molecule has 0 radical (unpaired) electrons. The van der Waals surface area contributed by atoms with Crippen LogP contribution in [0.15, 0.2) is 52.8 Å². The number of hydrogen-bond donors (Lipinski definition) is 2. The van der Waals surface area contributed by atoms with Crippen LogP contribution in [0.2, 0.25) is 0 Å². The Kier molecular flexibility index (Phi) is 8.43. The number of benzene rings is 1. The summed E-state index contributed by atoms with van der Waals surface area (Å²) < 4.78 is 0. The van der Waals surface area contributed by atoms with Crippen molar-refractivity contribution >= 4 is 11.5 Å². The molecule has 0 fully saturated rings. The predicted molar refractivity (Wildman–Crippen MR) is 60.4 cm³/mol. The molecule has 18 heavy (non-hydrogen) atoms. The van der Waals surface area contributed by atoms with Crippen LogP contribution in [0.1, 0.15) is 2.85 Å². The van der Waals surface area contributed by atoms with Gasteiger partial charge in [-0.05, 0) is 24.3 Å². The average Bonchev–Trinajstić information content (AvgIpc) is 2.30. The maximum absolute atomic E-state index is 9.44. The topological polar surface area (TPSA) is 78.1 Å². The van der Waals surface area contributed by atoms with Crippen molar-refractivity contribution in [3.05, 3.63) is 42.6 Å². The Balaban J connectivity index is -0.000000722. The van der Waals surface area contributed by atoms with Gasteiger partial charge in [-0.15, -0.1) is 10.2 Å². The molecule has 7 heteroatoms. The third kappa shape index (κ3) is 4.68. The first kappa shape index (κ1) is 17.6. The number of pyridine rings is 1. The molecule has 0 atom stereocenters. The zero-order chi connectivity index (χ0) is 11.4. The van der Waals surface area contributed by atoms with Crippen LogP contribution in [-0.2, 0) is 0 Å². The molecule has 0 aliphatic rings. The summed E-state index contributed by atoms with van der Waals surface area (Å²) in [6, 6.07) is 9.56. The first-order valence-electron chi connectivity index (χ1n) is 4.61. The normalized spacial score (nSPS) is 9.56. The molecule has 5 nitrogen and oxygen atoms in total. The van der Waals surface area contributed by atoms with E-state index in [4.69, 9.17) is 0 Å². The molecule has 2 rings (SSSR count). The quantitative estimate of drug-likeness (QED) is 0.452. The standard InChI is InChI=1S/C11H9N3O2.2Na.2H/c15-8-4-3-5-9(16)11(8)14-13-10-6-1-2-7-12-10;;;;/h1-7,15-16H;;;;/q;2*+1;2*-1. The molecular weight excluding hydrogens is 252 g/mol. The number of rotatable bonds is 2. The van der Waals surface area contributed by atoms with Gasteiger partial charge in [0.15, 0.2) is 11.5 Å². The Morgan fingerprint density at radius 2 is 1.56 bits per heavy atom. The second-order valence-electron chi connectivity index (χ2n) is 3.03. The van der Waals surface area contributed by atoms with Gasteiger partial charge in [-0.2, -0.15) is 0 Å². The van der Waals surface area contributed by atoms with Crippen molar-refractivity contribution in [3.8, 4) is 11.5 Å². The van der Waals surface area contributed by atoms with Crippen molar-refractivity contribution in [3.63, 3.8) is 0 Å². The minimum Gasteiger partial charge on any atom is -1.00 e. The fourth-order valence-electron chi connectivity index (χ4n) is 1.14. The predicted octanol–water partition coefficient (Wildman–Crippen LogP) is -2.86. The van der Waals surface area contributed by atoms with E-state index in [1.165, 1.54) is 18.2 Å². The second kappa shape index (κ2) is 8.63. The molecule has 0 aliphatic heterocycles. The van der Waals surface area contributed by atoms with Gasteiger partial charge < -0.3 is 13.1 Å². The van der Waals surface area contributed by atoms with Crippen LogP contribution in [0.25, 0.3) is 0 Å². The van der Waals surface area contributed by atoms with Gasteiger partial charge in [0.05, 0.1) is 0 Å². The fourth-order valence-corrected chi connectivity index (χ4v) is 1.14. The molecule has 0 aliphatic carbocycles. The molecule has 1 heterocycles. The van der Waals surface area contributed by atoms with Crippen LogP contribution in [0.5, 0.6) is 11.5 Å². The SMILES string of the molecule is Oc1cccc(O)c1N=Nc1ccccn1.[H-].[H-].[Na+].[Na+]. The number of aromatic hydroxyl groups is 2. The molecule has 0 unspecified atom stereocenters. The summed E-state index contributed by atoms with van der Waals surface area (Å²) >= 11 is 0. The van der Waals surface area contributed by atoms with E-state index in [9.17, 15) is 10.2 Å². The Bertz CT molecular complexity index is 510. The number of phenolic OH excluding ortho intramolecular Hbond substituents is 2. The van der Waals surface area contributed by atoms with Gasteiger partial charge in [-0.3, -0.25) is 0 Å². The Morgan fingerprint density at radius 3 is 2.11 bits per heavy atom. The Labute approximate surface area is 152 Å². The van der Waals surface area contributed by atoms with E-state index >= 15 is 0 Å². The minimum absolute atomic E-state index is 0. The molecule has 0 saturated heterocycles. The molecule has 0 amide bonds. The zero-order valence-corrected chi connectivity index (χ0v) is 14.3. The van der Waals surface area contributed by atoms with E-state index in [1.807, 2.05) is 0 Å². The summed E-state index contributed by atoms with van der Waals surface area (Å²) in [6.07, 6.45) is 1.58. The smallest absolute Gasteiger partial charge is 1.00 e. The summed E-state index contributed by atoms with van der Waals surface area (Å²) in [7, 11) is 0. The van der Waals surface area contributed by atoms with Crippen molar-refractivity contribution in [1.29, 1.82) is 0 Å². The van der Waals surface area contributed by atoms with Crippen LogP contribution >= 0.6 is 0 Å². The zero-order valence-electron chi connectivity index (χ0n) is 12.3. The van der Waals surface area contributed by atoms with E-state index in [1.54, 1.807) is 24.4 Å². The molecule has 1 aromatic carbocycles. The molecule has 2 N–H and O–H groups in total. The van der Waals surface area contributed by atoms with Gasteiger partial charge in [0.1, 0.15) is 11.5 Å². The number of phenols is 2. The van der Waals surface area contributed by atoms with Crippen molar-refractivity contribution < 1.29 is 72.2 Å². The van der Waals surface area contributed by atoms with E-state index in [-0.39, 0.29) is 79.2 Å². The van der Waals surface area contributed by atoms with E-state index in [2.05, 4.69) is 15.2 Å². The molecule has 0 spiro atoms. The van der Waals surface area contributed by atoms with Crippen molar-refractivity contribution in [2.75, 3.05) is 0 Å². The van der Waals surface area contributed by atoms with E-state index in [0.29, 0.717) is 5.82 Å². The first-order valence-corrected chi connectivity index (χ1v) is 4.61. The van der Waals surface area contributed by atoms with Crippen molar-refractivity contribution in [2.24, 2.45) is 10.2 Å². The average molecular weight is 263 g/mol. The summed E-state index contributed by atoms with van der Waals surface area (Å²) in [5.74, 6) is 0.157. The van der Waals surface area contributed by atoms with Gasteiger partial charge >= 0.3 is 59.1 Å². The van der Waals surface area contributed by atoms with Gasteiger partial charge in [-0.25, -0.2) is 4.98 Å². The van der Waals surface area contributed by atoms with Crippen molar-refractivity contribution in [2.45, 2.75) is 0 Å². The third-order valence-electron chi connectivity index (χ3n) is 1.90. The van der Waals surface area contributed by atoms with Gasteiger partial charge in [-0.1, -0.05) is 12.1 Å². The summed E-state index contributed by atoms with van der Waals surface area (Å²) in [6.45, 7) is 0. The summed E-state index contributed by atoms with van der Waals surface area (Å²) in [4.78, 5) is 3.93. The number of azo groups is 1. The largest absolute Gasteiger partial charge is 1.00 e. The van der Waals surface area contributed by atoms with E-state index in [0.717, 1.165) is 0 Å². The molecule has 0 bridgehead atoms. The second-order valence-corrected chi connectivity index (χ2v) is 3.03. The number of nitrogens with zero attached hydrogens (tertiary/aromatic N) is 3. The maximum Gasteiger partial charge on any atom is 1.00 e. The van der Waals surface area contributed by atoms with Gasteiger partial charge in [0.2, 0.25) is 0 Å². The number of hydrogen-bond acceptors (Lipinski definition) is 5. The van der Waals surface area contributed by atoms with Gasteiger partial charge in [0, 0.05) is 6.20 Å². The fraction of sp³-hybridized carbons (Fsp3) is 0. The maximum atomic E-state index is 9.44. The van der Waals surface area contributed by atoms with Crippen LogP contribution in [-0.4, -0.2) is 15.2 Å². The van der Waals surface area contributed by atoms with E-state index < -0.39 is 0 Å². The van der Waals surface area contributed by atoms with Crippen LogP contribution in [0, 0.1) is 0 Å². The first-order chi connectivity index (χ1) is 7.77. The van der Waals surface area contributed by atoms with Gasteiger partial charge in [0.25, 0.3) is 0 Å². The molecule has 0 saturated carbocycles. The monoisotopic (exact) mass is 263 g/mol. The van der Waals surface area contributed by atoms with Crippen LogP contribution in [0.4, 0.5) is 11.5 Å². The molecule has 84 valence electrons. The Morgan fingerprint density at radius 1 is 0.889 bits per heavy atom. The molecule has 1 aromatic heterocycles. The summed E-state index contributed by atoms with van der Waals surface area (Å²) in [5, 5.41) is 26.4. The minimum atomic E-state index is -0.125. The molecule has 2 aromatic rings. The van der Waals surface area contributed by atoms with Crippen molar-refractivity contribution in [1.82, 2.24) is 4.98 Å². The number of aromatic nitrogens is 1. The van der Waals surface area contributed by atoms with Crippen LogP contribution in [0.3, 0.4) is 0 Å². The molecular formula is C11H11N3Na2O2. The Hall–Kier alpha value is -0.430.